The number of nitrogens with two attached hydrogens (primary N) is 1. The third-order valence-electron chi connectivity index (χ3n) is 3.36. The van der Waals surface area contributed by atoms with Gasteiger partial charge in [-0.2, -0.15) is 0 Å². The minimum Gasteiger partial charge on any atom is -0.491 e. The summed E-state index contributed by atoms with van der Waals surface area (Å²) in [5, 5.41) is 8.51. The number of hydrogen-bond acceptors (Lipinski definition) is 4. The van der Waals surface area contributed by atoms with Crippen LogP contribution in [-0.4, -0.2) is 21.2 Å². The lowest BCUT2D eigenvalue weighted by Crippen LogP contribution is -2.00. The van der Waals surface area contributed by atoms with E-state index in [2.05, 4.69) is 17.1 Å². The SMILES string of the molecule is CCCOc1cc(-c2nnc3cccc(C)n23)ccc1N. The van der Waals surface area contributed by atoms with Crippen LogP contribution in [0.15, 0.2) is 36.4 Å². The maximum absolute atomic E-state index is 5.96. The Morgan fingerprint density at radius 2 is 2.05 bits per heavy atom. The van der Waals surface area contributed by atoms with E-state index in [1.807, 2.05) is 47.7 Å². The molecule has 0 amide bonds. The third-order valence-corrected chi connectivity index (χ3v) is 3.36. The van der Waals surface area contributed by atoms with Crippen molar-refractivity contribution in [2.24, 2.45) is 0 Å². The lowest BCUT2D eigenvalue weighted by atomic mass is 10.1. The molecule has 1 aromatic carbocycles. The molecule has 0 spiro atoms. The predicted molar refractivity (Wildman–Crippen MR) is 83.4 cm³/mol. The molecule has 0 fully saturated rings. The minimum absolute atomic E-state index is 0.637. The maximum atomic E-state index is 5.96. The highest BCUT2D eigenvalue weighted by atomic mass is 16.5. The number of rotatable bonds is 4. The van der Waals surface area contributed by atoms with Gasteiger partial charge in [-0.25, -0.2) is 0 Å². The van der Waals surface area contributed by atoms with E-state index in [0.717, 1.165) is 29.1 Å². The average Bonchev–Trinajstić information content (AvgIpc) is 2.92. The first-order valence-corrected chi connectivity index (χ1v) is 7.04. The van der Waals surface area contributed by atoms with Gasteiger partial charge in [0.2, 0.25) is 0 Å². The Kier molecular flexibility index (Phi) is 3.48. The average molecular weight is 282 g/mol. The summed E-state index contributed by atoms with van der Waals surface area (Å²) in [5.74, 6) is 1.49. The van der Waals surface area contributed by atoms with Crippen molar-refractivity contribution in [3.05, 3.63) is 42.1 Å². The van der Waals surface area contributed by atoms with Gasteiger partial charge in [-0.05, 0) is 43.7 Å². The molecule has 5 heteroatoms. The monoisotopic (exact) mass is 282 g/mol. The zero-order valence-corrected chi connectivity index (χ0v) is 12.2. The number of anilines is 1. The normalized spacial score (nSPS) is 11.0. The van der Waals surface area contributed by atoms with Crippen LogP contribution in [-0.2, 0) is 0 Å². The summed E-state index contributed by atoms with van der Waals surface area (Å²) in [6.45, 7) is 4.74. The van der Waals surface area contributed by atoms with E-state index >= 15 is 0 Å². The van der Waals surface area contributed by atoms with Crippen LogP contribution in [0.25, 0.3) is 17.0 Å². The molecule has 2 heterocycles. The predicted octanol–water partition coefficient (Wildman–Crippen LogP) is 3.08. The fraction of sp³-hybridized carbons (Fsp3) is 0.250. The Morgan fingerprint density at radius 3 is 2.86 bits per heavy atom. The number of aromatic nitrogens is 3. The molecule has 2 N–H and O–H groups in total. The Morgan fingerprint density at radius 1 is 1.19 bits per heavy atom. The highest BCUT2D eigenvalue weighted by molar-refractivity contribution is 5.67. The fourth-order valence-electron chi connectivity index (χ4n) is 2.30. The molecule has 0 radical (unpaired) electrons. The highest BCUT2D eigenvalue weighted by Gasteiger charge is 2.11. The van der Waals surface area contributed by atoms with Gasteiger partial charge < -0.3 is 10.5 Å². The van der Waals surface area contributed by atoms with Crippen molar-refractivity contribution in [2.75, 3.05) is 12.3 Å². The van der Waals surface area contributed by atoms with Crippen LogP contribution in [0.3, 0.4) is 0 Å². The Balaban J connectivity index is 2.10. The van der Waals surface area contributed by atoms with Gasteiger partial charge in [0.1, 0.15) is 5.75 Å². The van der Waals surface area contributed by atoms with E-state index in [-0.39, 0.29) is 0 Å². The Bertz CT molecular complexity index is 779. The largest absolute Gasteiger partial charge is 0.491 e. The first-order chi connectivity index (χ1) is 10.2. The number of benzene rings is 1. The minimum atomic E-state index is 0.637. The summed E-state index contributed by atoms with van der Waals surface area (Å²) >= 11 is 0. The van der Waals surface area contributed by atoms with Crippen LogP contribution < -0.4 is 10.5 Å². The smallest absolute Gasteiger partial charge is 0.168 e. The standard InChI is InChI=1S/C16H18N4O/c1-3-9-21-14-10-12(7-8-13(14)17)16-19-18-15-6-4-5-11(2)20(15)16/h4-8,10H,3,9,17H2,1-2H3. The van der Waals surface area contributed by atoms with Gasteiger partial charge in [-0.3, -0.25) is 4.40 Å². The lowest BCUT2D eigenvalue weighted by molar-refractivity contribution is 0.319. The van der Waals surface area contributed by atoms with Crippen molar-refractivity contribution in [3.8, 4) is 17.1 Å². The molecule has 3 aromatic rings. The van der Waals surface area contributed by atoms with Crippen molar-refractivity contribution in [1.29, 1.82) is 0 Å². The summed E-state index contributed by atoms with van der Waals surface area (Å²) in [6, 6.07) is 11.7. The van der Waals surface area contributed by atoms with Crippen molar-refractivity contribution >= 4 is 11.3 Å². The van der Waals surface area contributed by atoms with Crippen molar-refractivity contribution in [2.45, 2.75) is 20.3 Å². The molecule has 0 bridgehead atoms. The molecule has 3 rings (SSSR count). The summed E-state index contributed by atoms with van der Waals surface area (Å²) < 4.78 is 7.71. The van der Waals surface area contributed by atoms with Crippen LogP contribution in [0.1, 0.15) is 19.0 Å². The molecular formula is C16H18N4O. The fourth-order valence-corrected chi connectivity index (χ4v) is 2.30. The highest BCUT2D eigenvalue weighted by Crippen LogP contribution is 2.29. The zero-order valence-electron chi connectivity index (χ0n) is 12.2. The topological polar surface area (TPSA) is 65.4 Å². The van der Waals surface area contributed by atoms with E-state index in [9.17, 15) is 0 Å². The second-order valence-corrected chi connectivity index (χ2v) is 4.99. The van der Waals surface area contributed by atoms with Crippen LogP contribution in [0, 0.1) is 6.92 Å². The van der Waals surface area contributed by atoms with Gasteiger partial charge in [0.05, 0.1) is 12.3 Å². The number of ether oxygens (including phenoxy) is 1. The molecule has 0 aliphatic carbocycles. The summed E-state index contributed by atoms with van der Waals surface area (Å²) in [6.07, 6.45) is 0.941. The molecule has 0 aliphatic rings. The number of pyridine rings is 1. The molecular weight excluding hydrogens is 264 g/mol. The molecule has 2 aromatic heterocycles. The third kappa shape index (κ3) is 2.42. The Hall–Kier alpha value is -2.56. The number of aryl methyl sites for hydroxylation is 1. The summed E-state index contributed by atoms with van der Waals surface area (Å²) in [4.78, 5) is 0. The lowest BCUT2D eigenvalue weighted by Gasteiger charge is -2.10. The second-order valence-electron chi connectivity index (χ2n) is 4.99. The van der Waals surface area contributed by atoms with Crippen LogP contribution in [0.4, 0.5) is 5.69 Å². The van der Waals surface area contributed by atoms with Crippen LogP contribution >= 0.6 is 0 Å². The maximum Gasteiger partial charge on any atom is 0.168 e. The molecule has 0 aliphatic heterocycles. The molecule has 0 saturated heterocycles. The van der Waals surface area contributed by atoms with Crippen molar-refractivity contribution in [1.82, 2.24) is 14.6 Å². The number of hydrogen-bond donors (Lipinski definition) is 1. The number of fused-ring (bicyclic) bond motifs is 1. The zero-order chi connectivity index (χ0) is 14.8. The van der Waals surface area contributed by atoms with Gasteiger partial charge in [0.15, 0.2) is 11.5 Å². The first-order valence-electron chi connectivity index (χ1n) is 7.04. The second kappa shape index (κ2) is 5.44. The molecule has 21 heavy (non-hydrogen) atoms. The van der Waals surface area contributed by atoms with E-state index in [4.69, 9.17) is 10.5 Å². The van der Waals surface area contributed by atoms with Gasteiger partial charge in [0.25, 0.3) is 0 Å². The quantitative estimate of drug-likeness (QED) is 0.747. The Labute approximate surface area is 123 Å². The van der Waals surface area contributed by atoms with Crippen molar-refractivity contribution < 1.29 is 4.74 Å². The van der Waals surface area contributed by atoms with Gasteiger partial charge >= 0.3 is 0 Å². The van der Waals surface area contributed by atoms with E-state index in [1.54, 1.807) is 0 Å². The molecule has 0 saturated carbocycles. The van der Waals surface area contributed by atoms with Crippen LogP contribution in [0.2, 0.25) is 0 Å². The molecule has 0 unspecified atom stereocenters. The van der Waals surface area contributed by atoms with Gasteiger partial charge in [0, 0.05) is 11.3 Å². The summed E-state index contributed by atoms with van der Waals surface area (Å²) in [7, 11) is 0. The van der Waals surface area contributed by atoms with E-state index in [1.165, 1.54) is 0 Å². The van der Waals surface area contributed by atoms with E-state index < -0.39 is 0 Å². The van der Waals surface area contributed by atoms with E-state index in [0.29, 0.717) is 18.0 Å². The van der Waals surface area contributed by atoms with Crippen LogP contribution in [0.5, 0.6) is 5.75 Å². The molecule has 108 valence electrons. The van der Waals surface area contributed by atoms with Gasteiger partial charge in [-0.15, -0.1) is 10.2 Å². The molecule has 5 nitrogen and oxygen atoms in total. The number of nitrogens with zero attached hydrogens (tertiary/aromatic N) is 3. The molecule has 0 atom stereocenters. The van der Waals surface area contributed by atoms with Gasteiger partial charge in [-0.1, -0.05) is 13.0 Å². The summed E-state index contributed by atoms with van der Waals surface area (Å²) in [5.41, 5.74) is 9.45. The number of nitrogen functional groups attached to an aromatic ring is 1. The first kappa shape index (κ1) is 13.4. The van der Waals surface area contributed by atoms with Crippen molar-refractivity contribution in [3.63, 3.8) is 0 Å².